The van der Waals surface area contributed by atoms with E-state index in [9.17, 15) is 0 Å². The summed E-state index contributed by atoms with van der Waals surface area (Å²) < 4.78 is 2.12. The Kier molecular flexibility index (Phi) is 3.25. The highest BCUT2D eigenvalue weighted by atomic mass is 15.0. The number of hydrogen-bond donors (Lipinski definition) is 0. The molecule has 0 amide bonds. The van der Waals surface area contributed by atoms with E-state index in [0.29, 0.717) is 0 Å². The monoisotopic (exact) mass is 277 g/mol. The van der Waals surface area contributed by atoms with Gasteiger partial charge in [-0.25, -0.2) is 4.57 Å². The molecule has 0 aliphatic carbocycles. The molecule has 21 heavy (non-hydrogen) atoms. The summed E-state index contributed by atoms with van der Waals surface area (Å²) in [5.74, 6) is 0. The molecule has 0 aliphatic rings. The first-order chi connectivity index (χ1) is 9.97. The van der Waals surface area contributed by atoms with Gasteiger partial charge in [0.25, 0.3) is 6.33 Å². The quantitative estimate of drug-likeness (QED) is 0.615. The van der Waals surface area contributed by atoms with Crippen LogP contribution in [0.2, 0.25) is 0 Å². The molecule has 0 aliphatic heterocycles. The minimum absolute atomic E-state index is 1.06. The van der Waals surface area contributed by atoms with Crippen molar-refractivity contribution in [2.75, 3.05) is 0 Å². The molecule has 2 heteroatoms. The molecule has 0 unspecified atom stereocenters. The van der Waals surface area contributed by atoms with E-state index in [4.69, 9.17) is 0 Å². The third-order valence-electron chi connectivity index (χ3n) is 4.20. The van der Waals surface area contributed by atoms with Crippen molar-refractivity contribution < 1.29 is 4.57 Å². The second kappa shape index (κ2) is 4.96. The van der Waals surface area contributed by atoms with E-state index >= 15 is 0 Å². The van der Waals surface area contributed by atoms with E-state index in [2.05, 4.69) is 74.6 Å². The molecule has 0 N–H and O–H groups in total. The second-order valence-corrected chi connectivity index (χ2v) is 5.98. The molecule has 0 saturated heterocycles. The molecule has 106 valence electrons. The first-order valence-electron chi connectivity index (χ1n) is 7.30. The van der Waals surface area contributed by atoms with Crippen LogP contribution in [0.5, 0.6) is 0 Å². The van der Waals surface area contributed by atoms with Crippen molar-refractivity contribution in [3.05, 3.63) is 58.9 Å². The lowest BCUT2D eigenvalue weighted by molar-refractivity contribution is -0.662. The minimum Gasteiger partial charge on any atom is -0.232 e. The van der Waals surface area contributed by atoms with Gasteiger partial charge in [0.05, 0.1) is 12.4 Å². The van der Waals surface area contributed by atoms with Gasteiger partial charge in [-0.05, 0) is 67.6 Å². The Bertz CT molecular complexity index is 848. The van der Waals surface area contributed by atoms with Gasteiger partial charge in [0.15, 0.2) is 5.52 Å². The SMILES string of the molecule is Cc1cc(C)c(C)c(-c2c3ccc(C)cc3nc[n+]2C)c1. The van der Waals surface area contributed by atoms with Crippen LogP contribution in [0, 0.1) is 27.7 Å². The van der Waals surface area contributed by atoms with E-state index in [0.717, 1.165) is 5.52 Å². The van der Waals surface area contributed by atoms with Crippen LogP contribution in [0.1, 0.15) is 22.3 Å². The third-order valence-corrected chi connectivity index (χ3v) is 4.20. The first-order valence-corrected chi connectivity index (χ1v) is 7.30. The topological polar surface area (TPSA) is 16.8 Å². The lowest BCUT2D eigenvalue weighted by atomic mass is 9.95. The maximum atomic E-state index is 4.57. The van der Waals surface area contributed by atoms with Crippen molar-refractivity contribution in [3.8, 4) is 11.3 Å². The molecule has 2 nitrogen and oxygen atoms in total. The minimum atomic E-state index is 1.06. The average Bonchev–Trinajstić information content (AvgIpc) is 2.43. The van der Waals surface area contributed by atoms with Gasteiger partial charge in [-0.1, -0.05) is 17.7 Å². The Labute approximate surface area is 126 Å². The van der Waals surface area contributed by atoms with Crippen LogP contribution < -0.4 is 4.57 Å². The van der Waals surface area contributed by atoms with Crippen LogP contribution in [-0.2, 0) is 7.05 Å². The van der Waals surface area contributed by atoms with Gasteiger partial charge in [0, 0.05) is 5.56 Å². The summed E-state index contributed by atoms with van der Waals surface area (Å²) >= 11 is 0. The summed E-state index contributed by atoms with van der Waals surface area (Å²) in [5.41, 5.74) is 8.81. The number of aryl methyl sites for hydroxylation is 4. The molecule has 3 aromatic rings. The van der Waals surface area contributed by atoms with Crippen molar-refractivity contribution >= 4 is 10.9 Å². The second-order valence-electron chi connectivity index (χ2n) is 5.98. The number of hydrogen-bond acceptors (Lipinski definition) is 1. The Morgan fingerprint density at radius 1 is 0.905 bits per heavy atom. The zero-order chi connectivity index (χ0) is 15.1. The van der Waals surface area contributed by atoms with Crippen LogP contribution in [0.3, 0.4) is 0 Å². The molecular formula is C19H21N2+. The van der Waals surface area contributed by atoms with Crippen LogP contribution >= 0.6 is 0 Å². The molecular weight excluding hydrogens is 256 g/mol. The molecule has 0 radical (unpaired) electrons. The smallest absolute Gasteiger partial charge is 0.232 e. The maximum absolute atomic E-state index is 4.57. The Morgan fingerprint density at radius 3 is 2.43 bits per heavy atom. The largest absolute Gasteiger partial charge is 0.287 e. The van der Waals surface area contributed by atoms with Crippen molar-refractivity contribution in [2.45, 2.75) is 27.7 Å². The van der Waals surface area contributed by atoms with Gasteiger partial charge >= 0.3 is 0 Å². The third kappa shape index (κ3) is 2.31. The molecule has 3 rings (SSSR count). The van der Waals surface area contributed by atoms with E-state index in [1.807, 2.05) is 6.33 Å². The van der Waals surface area contributed by atoms with Crippen molar-refractivity contribution in [2.24, 2.45) is 7.05 Å². The normalized spacial score (nSPS) is 11.1. The zero-order valence-electron chi connectivity index (χ0n) is 13.4. The standard InChI is InChI=1S/C19H21N2/c1-12-6-7-16-18(10-12)20-11-21(5)19(16)17-9-13(2)8-14(3)15(17)4/h6-11H,1-5H3/q+1. The Hall–Kier alpha value is -2.22. The van der Waals surface area contributed by atoms with Crippen molar-refractivity contribution in [1.29, 1.82) is 0 Å². The van der Waals surface area contributed by atoms with Gasteiger partial charge in [0.2, 0.25) is 0 Å². The fourth-order valence-corrected chi connectivity index (χ4v) is 2.97. The Morgan fingerprint density at radius 2 is 1.67 bits per heavy atom. The maximum Gasteiger partial charge on any atom is 0.287 e. The summed E-state index contributed by atoms with van der Waals surface area (Å²) in [4.78, 5) is 4.57. The van der Waals surface area contributed by atoms with Crippen LogP contribution in [0.4, 0.5) is 0 Å². The zero-order valence-corrected chi connectivity index (χ0v) is 13.4. The predicted molar refractivity (Wildman–Crippen MR) is 87.3 cm³/mol. The molecule has 0 bridgehead atoms. The summed E-state index contributed by atoms with van der Waals surface area (Å²) in [6.45, 7) is 8.64. The van der Waals surface area contributed by atoms with Gasteiger partial charge < -0.3 is 0 Å². The van der Waals surface area contributed by atoms with E-state index < -0.39 is 0 Å². The van der Waals surface area contributed by atoms with E-state index in [-0.39, 0.29) is 0 Å². The summed E-state index contributed by atoms with van der Waals surface area (Å²) in [6, 6.07) is 11.0. The van der Waals surface area contributed by atoms with Crippen LogP contribution in [0.15, 0.2) is 36.7 Å². The van der Waals surface area contributed by atoms with Crippen LogP contribution in [-0.4, -0.2) is 4.98 Å². The molecule has 0 spiro atoms. The molecule has 2 aromatic carbocycles. The number of aromatic nitrogens is 2. The highest BCUT2D eigenvalue weighted by molar-refractivity contribution is 5.91. The van der Waals surface area contributed by atoms with Gasteiger partial charge in [0.1, 0.15) is 5.69 Å². The number of rotatable bonds is 1. The molecule has 0 fully saturated rings. The summed E-state index contributed by atoms with van der Waals surface area (Å²) in [6.07, 6.45) is 1.91. The first kappa shape index (κ1) is 13.7. The molecule has 1 aromatic heterocycles. The molecule has 1 heterocycles. The molecule has 0 atom stereocenters. The van der Waals surface area contributed by atoms with Crippen molar-refractivity contribution in [1.82, 2.24) is 4.98 Å². The van der Waals surface area contributed by atoms with E-state index in [1.54, 1.807) is 0 Å². The van der Waals surface area contributed by atoms with Gasteiger partial charge in [-0.2, -0.15) is 0 Å². The summed E-state index contributed by atoms with van der Waals surface area (Å²) in [7, 11) is 2.07. The fourth-order valence-electron chi connectivity index (χ4n) is 2.97. The van der Waals surface area contributed by atoms with Crippen molar-refractivity contribution in [3.63, 3.8) is 0 Å². The van der Waals surface area contributed by atoms with Crippen LogP contribution in [0.25, 0.3) is 22.2 Å². The molecule has 0 saturated carbocycles. The summed E-state index contributed by atoms with van der Waals surface area (Å²) in [5, 5.41) is 1.21. The number of nitrogens with zero attached hydrogens (tertiary/aromatic N) is 2. The fraction of sp³-hybridized carbons (Fsp3) is 0.263. The van der Waals surface area contributed by atoms with E-state index in [1.165, 1.54) is 38.9 Å². The number of benzene rings is 2. The Balaban J connectivity index is 2.42. The van der Waals surface area contributed by atoms with Gasteiger partial charge in [-0.3, -0.25) is 0 Å². The average molecular weight is 277 g/mol. The highest BCUT2D eigenvalue weighted by Gasteiger charge is 2.17. The highest BCUT2D eigenvalue weighted by Crippen LogP contribution is 2.29. The lowest BCUT2D eigenvalue weighted by Gasteiger charge is -2.12. The number of fused-ring (bicyclic) bond motifs is 1. The van der Waals surface area contributed by atoms with Gasteiger partial charge in [-0.15, -0.1) is 0 Å². The lowest BCUT2D eigenvalue weighted by Crippen LogP contribution is -2.32. The predicted octanol–water partition coefficient (Wildman–Crippen LogP) is 3.96.